The zero-order valence-corrected chi connectivity index (χ0v) is 11.6. The second-order valence-corrected chi connectivity index (χ2v) is 5.54. The molecule has 2 aromatic rings. The van der Waals surface area contributed by atoms with Crippen LogP contribution in [0.3, 0.4) is 0 Å². The van der Waals surface area contributed by atoms with Crippen LogP contribution in [0.5, 0.6) is 0 Å². The predicted octanol–water partition coefficient (Wildman–Crippen LogP) is 3.38. The third kappa shape index (κ3) is 2.87. The molecule has 0 amide bonds. The Hall–Kier alpha value is -1.61. The van der Waals surface area contributed by atoms with Crippen LogP contribution in [0.4, 0.5) is 0 Å². The molecule has 1 atom stereocenters. The van der Waals surface area contributed by atoms with E-state index in [1.807, 2.05) is 12.5 Å². The summed E-state index contributed by atoms with van der Waals surface area (Å²) in [5, 5.41) is 3.59. The number of nitrogens with zero attached hydrogens (tertiary/aromatic N) is 2. The smallest absolute Gasteiger partial charge is 0.0951 e. The van der Waals surface area contributed by atoms with Crippen molar-refractivity contribution in [2.75, 3.05) is 0 Å². The fourth-order valence-electron chi connectivity index (χ4n) is 2.47. The van der Waals surface area contributed by atoms with Crippen molar-refractivity contribution in [3.63, 3.8) is 0 Å². The second-order valence-electron chi connectivity index (χ2n) is 5.54. The van der Waals surface area contributed by atoms with E-state index in [1.54, 1.807) is 0 Å². The van der Waals surface area contributed by atoms with E-state index >= 15 is 0 Å². The summed E-state index contributed by atoms with van der Waals surface area (Å²) in [7, 11) is 0. The zero-order valence-electron chi connectivity index (χ0n) is 11.6. The van der Waals surface area contributed by atoms with E-state index in [2.05, 4.69) is 53.0 Å². The van der Waals surface area contributed by atoms with Gasteiger partial charge in [0.25, 0.3) is 0 Å². The molecule has 1 saturated carbocycles. The van der Waals surface area contributed by atoms with E-state index in [9.17, 15) is 0 Å². The van der Waals surface area contributed by atoms with Crippen LogP contribution in [0.15, 0.2) is 36.8 Å². The first-order valence-electron chi connectivity index (χ1n) is 7.04. The highest BCUT2D eigenvalue weighted by atomic mass is 15.1. The normalized spacial score (nSPS) is 16.5. The van der Waals surface area contributed by atoms with E-state index in [1.165, 1.54) is 29.7 Å². The molecule has 1 aliphatic carbocycles. The van der Waals surface area contributed by atoms with Crippen LogP contribution in [-0.2, 0) is 6.54 Å². The van der Waals surface area contributed by atoms with E-state index in [0.717, 1.165) is 6.54 Å². The lowest BCUT2D eigenvalue weighted by Crippen LogP contribution is -2.19. The van der Waals surface area contributed by atoms with Crippen molar-refractivity contribution in [1.29, 1.82) is 0 Å². The lowest BCUT2D eigenvalue weighted by Gasteiger charge is -2.15. The number of hydrogen-bond acceptors (Lipinski definition) is 2. The Balaban J connectivity index is 1.63. The first-order chi connectivity index (χ1) is 9.24. The van der Waals surface area contributed by atoms with Crippen molar-refractivity contribution < 1.29 is 0 Å². The fourth-order valence-corrected chi connectivity index (χ4v) is 2.47. The van der Waals surface area contributed by atoms with Gasteiger partial charge in [0.2, 0.25) is 0 Å². The van der Waals surface area contributed by atoms with Crippen molar-refractivity contribution in [2.45, 2.75) is 45.3 Å². The molecule has 3 nitrogen and oxygen atoms in total. The summed E-state index contributed by atoms with van der Waals surface area (Å²) in [6.45, 7) is 5.23. The minimum absolute atomic E-state index is 0.363. The summed E-state index contributed by atoms with van der Waals surface area (Å²) in [5.41, 5.74) is 3.95. The van der Waals surface area contributed by atoms with Crippen molar-refractivity contribution in [2.24, 2.45) is 0 Å². The van der Waals surface area contributed by atoms with Crippen molar-refractivity contribution in [1.82, 2.24) is 14.9 Å². The summed E-state index contributed by atoms with van der Waals surface area (Å²) >= 11 is 0. The first-order valence-corrected chi connectivity index (χ1v) is 7.04. The van der Waals surface area contributed by atoms with E-state index in [4.69, 9.17) is 0 Å². The Bertz CT molecular complexity index is 555. The minimum atomic E-state index is 0.363. The second kappa shape index (κ2) is 5.17. The largest absolute Gasteiger partial charge is 0.330 e. The molecule has 19 heavy (non-hydrogen) atoms. The number of rotatable bonds is 5. The molecule has 1 N–H and O–H groups in total. The molecule has 1 aromatic heterocycles. The molecule has 1 aromatic carbocycles. The molecule has 0 aliphatic heterocycles. The van der Waals surface area contributed by atoms with Gasteiger partial charge in [0.05, 0.1) is 12.0 Å². The van der Waals surface area contributed by atoms with Gasteiger partial charge >= 0.3 is 0 Å². The third-order valence-electron chi connectivity index (χ3n) is 3.82. The summed E-state index contributed by atoms with van der Waals surface area (Å²) in [6, 6.07) is 9.75. The molecule has 0 saturated heterocycles. The Kier molecular flexibility index (Phi) is 3.38. The SMILES string of the molecule is Cc1cccc([C@H](C)NCc2cncn2C2CC2)c1. The molecule has 0 spiro atoms. The van der Waals surface area contributed by atoms with Gasteiger partial charge < -0.3 is 9.88 Å². The van der Waals surface area contributed by atoms with Gasteiger partial charge in [0.15, 0.2) is 0 Å². The quantitative estimate of drug-likeness (QED) is 0.887. The lowest BCUT2D eigenvalue weighted by molar-refractivity contribution is 0.547. The number of imidazole rings is 1. The Morgan fingerprint density at radius 3 is 3.00 bits per heavy atom. The van der Waals surface area contributed by atoms with Crippen LogP contribution in [0, 0.1) is 6.92 Å². The van der Waals surface area contributed by atoms with Crippen LogP contribution in [-0.4, -0.2) is 9.55 Å². The number of benzene rings is 1. The Morgan fingerprint density at radius 1 is 1.42 bits per heavy atom. The van der Waals surface area contributed by atoms with Crippen molar-refractivity contribution >= 4 is 0 Å². The van der Waals surface area contributed by atoms with Gasteiger partial charge in [-0.3, -0.25) is 0 Å². The minimum Gasteiger partial charge on any atom is -0.330 e. The van der Waals surface area contributed by atoms with Crippen LogP contribution < -0.4 is 5.32 Å². The average molecular weight is 255 g/mol. The number of hydrogen-bond donors (Lipinski definition) is 1. The molecule has 0 unspecified atom stereocenters. The zero-order chi connectivity index (χ0) is 13.2. The van der Waals surface area contributed by atoms with Crippen molar-refractivity contribution in [3.8, 4) is 0 Å². The highest BCUT2D eigenvalue weighted by molar-refractivity contribution is 5.24. The summed E-state index contributed by atoms with van der Waals surface area (Å²) in [4.78, 5) is 4.27. The maximum atomic E-state index is 4.27. The third-order valence-corrected chi connectivity index (χ3v) is 3.82. The molecule has 3 rings (SSSR count). The van der Waals surface area contributed by atoms with Gasteiger partial charge in [-0.05, 0) is 32.3 Å². The molecular weight excluding hydrogens is 234 g/mol. The van der Waals surface area contributed by atoms with E-state index < -0.39 is 0 Å². The molecule has 3 heteroatoms. The van der Waals surface area contributed by atoms with Gasteiger partial charge in [-0.2, -0.15) is 0 Å². The average Bonchev–Trinajstić information content (AvgIpc) is 3.15. The summed E-state index contributed by atoms with van der Waals surface area (Å²) < 4.78 is 2.32. The summed E-state index contributed by atoms with van der Waals surface area (Å²) in [6.07, 6.45) is 6.55. The molecule has 100 valence electrons. The first kappa shape index (κ1) is 12.4. The fraction of sp³-hybridized carbons (Fsp3) is 0.438. The van der Waals surface area contributed by atoms with E-state index in [0.29, 0.717) is 12.1 Å². The number of aryl methyl sites for hydroxylation is 1. The molecule has 0 bridgehead atoms. The van der Waals surface area contributed by atoms with Crippen LogP contribution in [0.1, 0.15) is 48.7 Å². The highest BCUT2D eigenvalue weighted by Gasteiger charge is 2.25. The molecular formula is C16H21N3. The number of nitrogens with one attached hydrogen (secondary N) is 1. The van der Waals surface area contributed by atoms with Crippen LogP contribution in [0.2, 0.25) is 0 Å². The van der Waals surface area contributed by atoms with Gasteiger partial charge in [-0.1, -0.05) is 29.8 Å². The van der Waals surface area contributed by atoms with Gasteiger partial charge in [-0.15, -0.1) is 0 Å². The maximum Gasteiger partial charge on any atom is 0.0951 e. The monoisotopic (exact) mass is 255 g/mol. The number of aromatic nitrogens is 2. The van der Waals surface area contributed by atoms with Gasteiger partial charge in [0.1, 0.15) is 0 Å². The summed E-state index contributed by atoms with van der Waals surface area (Å²) in [5.74, 6) is 0. The highest BCUT2D eigenvalue weighted by Crippen LogP contribution is 2.35. The van der Waals surface area contributed by atoms with Gasteiger partial charge in [0, 0.05) is 24.8 Å². The standard InChI is InChI=1S/C16H21N3/c1-12-4-3-5-14(8-12)13(2)18-10-16-9-17-11-19(16)15-6-7-15/h3-5,8-9,11,13,15,18H,6-7,10H2,1-2H3/t13-/m0/s1. The predicted molar refractivity (Wildman–Crippen MR) is 76.9 cm³/mol. The maximum absolute atomic E-state index is 4.27. The molecule has 0 radical (unpaired) electrons. The Labute approximate surface area is 114 Å². The Morgan fingerprint density at radius 2 is 2.26 bits per heavy atom. The van der Waals surface area contributed by atoms with Crippen molar-refractivity contribution in [3.05, 3.63) is 53.6 Å². The lowest BCUT2D eigenvalue weighted by atomic mass is 10.1. The van der Waals surface area contributed by atoms with Gasteiger partial charge in [-0.25, -0.2) is 4.98 Å². The molecule has 1 fully saturated rings. The molecule has 1 heterocycles. The topological polar surface area (TPSA) is 29.9 Å². The van der Waals surface area contributed by atoms with Crippen LogP contribution in [0.25, 0.3) is 0 Å². The van der Waals surface area contributed by atoms with E-state index in [-0.39, 0.29) is 0 Å². The molecule has 1 aliphatic rings. The van der Waals surface area contributed by atoms with Crippen LogP contribution >= 0.6 is 0 Å².